The maximum atomic E-state index is 5.46. The molecule has 0 bridgehead atoms. The summed E-state index contributed by atoms with van der Waals surface area (Å²) in [4.78, 5) is 4.80. The largest absolute Gasteiger partial charge is 0.493 e. The molecule has 1 unspecified atom stereocenters. The zero-order valence-electron chi connectivity index (χ0n) is 19.1. The van der Waals surface area contributed by atoms with Crippen molar-refractivity contribution in [2.24, 2.45) is 4.99 Å². The van der Waals surface area contributed by atoms with Crippen LogP contribution in [0, 0.1) is 0 Å². The predicted molar refractivity (Wildman–Crippen MR) is 126 cm³/mol. The minimum atomic E-state index is 0.0889. The fourth-order valence-electron chi connectivity index (χ4n) is 3.34. The molecule has 0 saturated heterocycles. The molecule has 0 amide bonds. The Labute approximate surface area is 189 Å². The molecule has 0 fully saturated rings. The second kappa shape index (κ2) is 11.7. The van der Waals surface area contributed by atoms with Crippen LogP contribution < -0.4 is 24.8 Å². The van der Waals surface area contributed by atoms with Crippen LogP contribution in [-0.4, -0.2) is 33.8 Å². The van der Waals surface area contributed by atoms with Crippen molar-refractivity contribution in [2.75, 3.05) is 27.9 Å². The lowest BCUT2D eigenvalue weighted by atomic mass is 10.1. The van der Waals surface area contributed by atoms with E-state index >= 15 is 0 Å². The third-order valence-corrected chi connectivity index (χ3v) is 5.04. The summed E-state index contributed by atoms with van der Waals surface area (Å²) in [6.07, 6.45) is 2.45. The standard InChI is InChI=1S/C25H31N3O4/c1-18(20-9-6-5-7-10-20)28-25(26-13-12-21-11-8-14-32-21)27-17-19-15-22(29-2)24(31-4)23(16-19)30-3/h5-11,14-16,18H,12-13,17H2,1-4H3,(H2,26,27,28). The van der Waals surface area contributed by atoms with E-state index in [-0.39, 0.29) is 6.04 Å². The van der Waals surface area contributed by atoms with Gasteiger partial charge >= 0.3 is 0 Å². The maximum Gasteiger partial charge on any atom is 0.203 e. The van der Waals surface area contributed by atoms with Crippen LogP contribution >= 0.6 is 0 Å². The maximum absolute atomic E-state index is 5.46. The summed E-state index contributed by atoms with van der Waals surface area (Å²) in [6.45, 7) is 3.24. The Kier molecular flexibility index (Phi) is 8.43. The van der Waals surface area contributed by atoms with Crippen LogP contribution in [0.25, 0.3) is 0 Å². The van der Waals surface area contributed by atoms with Gasteiger partial charge in [-0.3, -0.25) is 0 Å². The van der Waals surface area contributed by atoms with Crippen molar-refractivity contribution in [3.05, 3.63) is 77.7 Å². The number of hydrogen-bond acceptors (Lipinski definition) is 5. The van der Waals surface area contributed by atoms with Gasteiger partial charge in [-0.2, -0.15) is 0 Å². The van der Waals surface area contributed by atoms with Crippen LogP contribution in [0.5, 0.6) is 17.2 Å². The van der Waals surface area contributed by atoms with E-state index < -0.39 is 0 Å². The molecule has 2 N–H and O–H groups in total. The predicted octanol–water partition coefficient (Wildman–Crippen LogP) is 4.34. The van der Waals surface area contributed by atoms with E-state index in [0.29, 0.717) is 36.3 Å². The van der Waals surface area contributed by atoms with Gasteiger partial charge in [0.2, 0.25) is 5.75 Å². The quantitative estimate of drug-likeness (QED) is 0.363. The van der Waals surface area contributed by atoms with Crippen molar-refractivity contribution >= 4 is 5.96 Å². The molecule has 1 atom stereocenters. The number of nitrogens with zero attached hydrogens (tertiary/aromatic N) is 1. The van der Waals surface area contributed by atoms with Crippen LogP contribution in [0.15, 0.2) is 70.3 Å². The van der Waals surface area contributed by atoms with Gasteiger partial charge in [-0.15, -0.1) is 0 Å². The van der Waals surface area contributed by atoms with Crippen molar-refractivity contribution < 1.29 is 18.6 Å². The number of benzene rings is 2. The Morgan fingerprint density at radius 2 is 1.69 bits per heavy atom. The summed E-state index contributed by atoms with van der Waals surface area (Å²) in [7, 11) is 4.80. The SMILES string of the molecule is COc1cc(CN=C(NCCc2ccco2)NC(C)c2ccccc2)cc(OC)c1OC. The molecule has 32 heavy (non-hydrogen) atoms. The van der Waals surface area contributed by atoms with Crippen molar-refractivity contribution in [3.63, 3.8) is 0 Å². The lowest BCUT2D eigenvalue weighted by Gasteiger charge is -2.19. The number of hydrogen-bond donors (Lipinski definition) is 2. The first-order valence-electron chi connectivity index (χ1n) is 10.6. The van der Waals surface area contributed by atoms with Gasteiger partial charge in [0.15, 0.2) is 17.5 Å². The van der Waals surface area contributed by atoms with Gasteiger partial charge in [-0.25, -0.2) is 4.99 Å². The molecular formula is C25H31N3O4. The lowest BCUT2D eigenvalue weighted by Crippen LogP contribution is -2.39. The highest BCUT2D eigenvalue weighted by atomic mass is 16.5. The number of furan rings is 1. The molecule has 0 saturated carbocycles. The average molecular weight is 438 g/mol. The van der Waals surface area contributed by atoms with E-state index in [9.17, 15) is 0 Å². The second-order valence-corrected chi connectivity index (χ2v) is 7.23. The zero-order chi connectivity index (χ0) is 22.8. The number of methoxy groups -OCH3 is 3. The Hall–Kier alpha value is -3.61. The topological polar surface area (TPSA) is 77.2 Å². The van der Waals surface area contributed by atoms with E-state index in [1.54, 1.807) is 27.6 Å². The van der Waals surface area contributed by atoms with Gasteiger partial charge in [0.1, 0.15) is 5.76 Å². The van der Waals surface area contributed by atoms with Crippen molar-refractivity contribution in [1.82, 2.24) is 10.6 Å². The molecule has 7 nitrogen and oxygen atoms in total. The molecule has 0 aliphatic carbocycles. The van der Waals surface area contributed by atoms with E-state index in [4.69, 9.17) is 23.6 Å². The minimum absolute atomic E-state index is 0.0889. The molecular weight excluding hydrogens is 406 g/mol. The van der Waals surface area contributed by atoms with E-state index in [1.165, 1.54) is 5.56 Å². The van der Waals surface area contributed by atoms with E-state index in [1.807, 2.05) is 42.5 Å². The lowest BCUT2D eigenvalue weighted by molar-refractivity contribution is 0.324. The van der Waals surface area contributed by atoms with Crippen molar-refractivity contribution in [1.29, 1.82) is 0 Å². The molecule has 3 rings (SSSR count). The molecule has 1 heterocycles. The van der Waals surface area contributed by atoms with Gasteiger partial charge in [0.05, 0.1) is 40.2 Å². The molecule has 0 aliphatic rings. The van der Waals surface area contributed by atoms with Crippen LogP contribution in [-0.2, 0) is 13.0 Å². The molecule has 1 aromatic heterocycles. The van der Waals surface area contributed by atoms with Crippen LogP contribution in [0.2, 0.25) is 0 Å². The van der Waals surface area contributed by atoms with E-state index in [2.05, 4.69) is 29.7 Å². The summed E-state index contributed by atoms with van der Waals surface area (Å²) in [5, 5.41) is 6.88. The highest BCUT2D eigenvalue weighted by Crippen LogP contribution is 2.38. The molecule has 7 heteroatoms. The summed E-state index contributed by atoms with van der Waals surface area (Å²) >= 11 is 0. The van der Waals surface area contributed by atoms with Gasteiger partial charge in [0.25, 0.3) is 0 Å². The summed E-state index contributed by atoms with van der Waals surface area (Å²) < 4.78 is 21.8. The first-order valence-corrected chi connectivity index (χ1v) is 10.6. The third-order valence-electron chi connectivity index (χ3n) is 5.04. The molecule has 2 aromatic carbocycles. The number of guanidine groups is 1. The Morgan fingerprint density at radius 1 is 0.969 bits per heavy atom. The molecule has 170 valence electrons. The summed E-state index contributed by atoms with van der Waals surface area (Å²) in [5.74, 6) is 3.42. The smallest absolute Gasteiger partial charge is 0.203 e. The summed E-state index contributed by atoms with van der Waals surface area (Å²) in [6, 6.07) is 18.0. The Balaban J connectivity index is 1.76. The van der Waals surface area contributed by atoms with Gasteiger partial charge < -0.3 is 29.3 Å². The molecule has 0 radical (unpaired) electrons. The first kappa shape index (κ1) is 23.1. The highest BCUT2D eigenvalue weighted by molar-refractivity contribution is 5.80. The van der Waals surface area contributed by atoms with Crippen molar-refractivity contribution in [2.45, 2.75) is 25.9 Å². The van der Waals surface area contributed by atoms with Gasteiger partial charge in [0, 0.05) is 13.0 Å². The highest BCUT2D eigenvalue weighted by Gasteiger charge is 2.14. The molecule has 0 spiro atoms. The first-order chi connectivity index (χ1) is 15.6. The number of nitrogens with one attached hydrogen (secondary N) is 2. The monoisotopic (exact) mass is 437 g/mol. The number of rotatable bonds is 10. The number of aliphatic imine (C=N–C) groups is 1. The van der Waals surface area contributed by atoms with E-state index in [0.717, 1.165) is 17.7 Å². The fraction of sp³-hybridized carbons (Fsp3) is 0.320. The minimum Gasteiger partial charge on any atom is -0.493 e. The fourth-order valence-corrected chi connectivity index (χ4v) is 3.34. The number of ether oxygens (including phenoxy) is 3. The normalized spacial score (nSPS) is 12.2. The van der Waals surface area contributed by atoms with Crippen LogP contribution in [0.1, 0.15) is 29.9 Å². The zero-order valence-corrected chi connectivity index (χ0v) is 19.1. The van der Waals surface area contributed by atoms with Crippen LogP contribution in [0.4, 0.5) is 0 Å². The second-order valence-electron chi connectivity index (χ2n) is 7.23. The Bertz CT molecular complexity index is 963. The third kappa shape index (κ3) is 6.20. The van der Waals surface area contributed by atoms with Crippen molar-refractivity contribution in [3.8, 4) is 17.2 Å². The Morgan fingerprint density at radius 3 is 2.28 bits per heavy atom. The summed E-state index contributed by atoms with van der Waals surface area (Å²) in [5.41, 5.74) is 2.12. The van der Waals surface area contributed by atoms with Gasteiger partial charge in [-0.1, -0.05) is 30.3 Å². The van der Waals surface area contributed by atoms with Gasteiger partial charge in [-0.05, 0) is 42.3 Å². The van der Waals surface area contributed by atoms with Crippen LogP contribution in [0.3, 0.4) is 0 Å². The molecule has 0 aliphatic heterocycles. The average Bonchev–Trinajstić information content (AvgIpc) is 3.35. The molecule has 3 aromatic rings.